The fourth-order valence-corrected chi connectivity index (χ4v) is 3.97. The van der Waals surface area contributed by atoms with E-state index in [9.17, 15) is 32.8 Å². The molecule has 43 heavy (non-hydrogen) atoms. The molecule has 0 radical (unpaired) electrons. The maximum Gasteiger partial charge on any atom is 0.412 e. The Bertz CT molecular complexity index is 1500. The molecule has 11 nitrogen and oxygen atoms in total. The van der Waals surface area contributed by atoms with Gasteiger partial charge in [-0.3, -0.25) is 29.1 Å². The van der Waals surface area contributed by atoms with Gasteiger partial charge in [-0.05, 0) is 17.9 Å². The zero-order valence-electron chi connectivity index (χ0n) is 23.9. The van der Waals surface area contributed by atoms with Crippen LogP contribution in [0.4, 0.5) is 19.3 Å². The highest BCUT2D eigenvalue weighted by atomic mass is 19.3. The summed E-state index contributed by atoms with van der Waals surface area (Å²) < 4.78 is 35.5. The van der Waals surface area contributed by atoms with Gasteiger partial charge in [0.25, 0.3) is 11.5 Å². The van der Waals surface area contributed by atoms with Crippen molar-refractivity contribution in [3.63, 3.8) is 0 Å². The lowest BCUT2D eigenvalue weighted by molar-refractivity contribution is -0.161. The van der Waals surface area contributed by atoms with Crippen molar-refractivity contribution < 1.29 is 32.7 Å². The lowest BCUT2D eigenvalue weighted by atomic mass is 9.95. The van der Waals surface area contributed by atoms with Gasteiger partial charge in [0, 0.05) is 12.1 Å². The first-order valence-electron chi connectivity index (χ1n) is 13.6. The first-order valence-corrected chi connectivity index (χ1v) is 13.6. The lowest BCUT2D eigenvalue weighted by Crippen LogP contribution is -2.57. The molecule has 3 N–H and O–H groups in total. The van der Waals surface area contributed by atoms with Crippen LogP contribution in [0, 0.1) is 5.92 Å². The summed E-state index contributed by atoms with van der Waals surface area (Å²) in [5.74, 6) is -9.69. The van der Waals surface area contributed by atoms with Gasteiger partial charge in [-0.1, -0.05) is 81.4 Å². The molecule has 228 valence electrons. The van der Waals surface area contributed by atoms with E-state index in [2.05, 4.69) is 15.6 Å². The van der Waals surface area contributed by atoms with Gasteiger partial charge in [0.15, 0.2) is 0 Å². The van der Waals surface area contributed by atoms with E-state index in [1.54, 1.807) is 67.6 Å². The number of hydrogen-bond donors (Lipinski definition) is 3. The lowest BCUT2D eigenvalue weighted by Gasteiger charge is -2.25. The van der Waals surface area contributed by atoms with Crippen molar-refractivity contribution in [3.8, 4) is 11.4 Å². The zero-order valence-corrected chi connectivity index (χ0v) is 23.9. The molecule has 3 amide bonds. The third kappa shape index (κ3) is 8.53. The van der Waals surface area contributed by atoms with Gasteiger partial charge in [-0.2, -0.15) is 8.78 Å². The Hall–Kier alpha value is -4.94. The Morgan fingerprint density at radius 2 is 1.63 bits per heavy atom. The number of benzene rings is 2. The maximum absolute atomic E-state index is 14.7. The largest absolute Gasteiger partial charge is 0.444 e. The fraction of sp³-hybridized carbons (Fsp3) is 0.333. The minimum absolute atomic E-state index is 0.0423. The average Bonchev–Trinajstić information content (AvgIpc) is 3.00. The summed E-state index contributed by atoms with van der Waals surface area (Å²) in [5, 5.41) is 6.54. The highest BCUT2D eigenvalue weighted by Crippen LogP contribution is 2.21. The first kappa shape index (κ1) is 32.6. The molecule has 1 atom stereocenters. The number of nitrogens with one attached hydrogen (secondary N) is 3. The molecule has 3 rings (SSSR count). The Labute approximate surface area is 246 Å². The van der Waals surface area contributed by atoms with Crippen LogP contribution in [0.3, 0.4) is 0 Å². The molecule has 0 aliphatic rings. The van der Waals surface area contributed by atoms with E-state index in [-0.39, 0.29) is 24.7 Å². The Morgan fingerprint density at radius 3 is 2.23 bits per heavy atom. The van der Waals surface area contributed by atoms with Crippen LogP contribution in [-0.4, -0.2) is 51.8 Å². The van der Waals surface area contributed by atoms with Gasteiger partial charge in [-0.15, -0.1) is 0 Å². The van der Waals surface area contributed by atoms with E-state index in [1.807, 2.05) is 5.32 Å². The highest BCUT2D eigenvalue weighted by Gasteiger charge is 2.51. The number of anilines is 1. The minimum Gasteiger partial charge on any atom is -0.444 e. The topological polar surface area (TPSA) is 148 Å². The monoisotopic (exact) mass is 597 g/mol. The molecule has 0 bridgehead atoms. The molecule has 1 unspecified atom stereocenters. The van der Waals surface area contributed by atoms with Crippen LogP contribution < -0.4 is 21.5 Å². The standard InChI is InChI=1S/C30H33F2N5O6/c1-4-15-33-28(41)30(31,32)25(39)24(19(2)3)36-23(38)17-37-26(21-13-9-6-10-14-21)34-16-22(27(37)40)35-29(42)43-18-20-11-7-5-8-12-20/h5-14,16,19,24H,4,15,17-18H2,1-3H3,(H,33,41)(H,35,42)(H,36,38). The Kier molecular flexibility index (Phi) is 11.2. The summed E-state index contributed by atoms with van der Waals surface area (Å²) >= 11 is 0. The van der Waals surface area contributed by atoms with Crippen LogP contribution in [0.2, 0.25) is 0 Å². The summed E-state index contributed by atoms with van der Waals surface area (Å²) in [7, 11) is 0. The normalized spacial score (nSPS) is 11.9. The number of carbonyl (C=O) groups excluding carboxylic acids is 4. The second-order valence-corrected chi connectivity index (χ2v) is 9.92. The zero-order chi connectivity index (χ0) is 31.6. The second kappa shape index (κ2) is 14.8. The van der Waals surface area contributed by atoms with Crippen LogP contribution in [0.5, 0.6) is 0 Å². The van der Waals surface area contributed by atoms with Gasteiger partial charge in [0.05, 0.1) is 12.2 Å². The number of Topliss-reactive ketones (excluding diaryl/α,β-unsaturated/α-hetero) is 1. The predicted molar refractivity (Wildman–Crippen MR) is 154 cm³/mol. The van der Waals surface area contributed by atoms with E-state index in [4.69, 9.17) is 4.74 Å². The van der Waals surface area contributed by atoms with Crippen LogP contribution in [0.1, 0.15) is 32.8 Å². The molecule has 1 heterocycles. The number of halogens is 2. The molecule has 1 aromatic heterocycles. The SMILES string of the molecule is CCCNC(=O)C(F)(F)C(=O)C(NC(=O)Cn1c(-c2ccccc2)ncc(NC(=O)OCc2ccccc2)c1=O)C(C)C. The van der Waals surface area contributed by atoms with Crippen molar-refractivity contribution in [2.45, 2.75) is 52.3 Å². The van der Waals surface area contributed by atoms with Crippen LogP contribution in [0.15, 0.2) is 71.7 Å². The van der Waals surface area contributed by atoms with Crippen molar-refractivity contribution in [1.29, 1.82) is 0 Å². The average molecular weight is 598 g/mol. The van der Waals surface area contributed by atoms with Crippen molar-refractivity contribution in [1.82, 2.24) is 20.2 Å². The molecular weight excluding hydrogens is 564 g/mol. The number of amides is 3. The predicted octanol–water partition coefficient (Wildman–Crippen LogP) is 3.53. The number of hydrogen-bond acceptors (Lipinski definition) is 7. The molecule has 3 aromatic rings. The van der Waals surface area contributed by atoms with Crippen LogP contribution in [0.25, 0.3) is 11.4 Å². The molecule has 13 heteroatoms. The summed E-state index contributed by atoms with van der Waals surface area (Å²) in [5.41, 5.74) is 0.0201. The number of rotatable bonds is 13. The molecule has 0 aliphatic heterocycles. The quantitative estimate of drug-likeness (QED) is 0.255. The van der Waals surface area contributed by atoms with Crippen molar-refractivity contribution in [2.75, 3.05) is 11.9 Å². The van der Waals surface area contributed by atoms with E-state index in [0.29, 0.717) is 17.5 Å². The molecule has 0 fully saturated rings. The van der Waals surface area contributed by atoms with E-state index >= 15 is 0 Å². The molecular formula is C30H33F2N5O6. The van der Waals surface area contributed by atoms with Gasteiger partial charge < -0.3 is 15.4 Å². The maximum atomic E-state index is 14.7. The van der Waals surface area contributed by atoms with Gasteiger partial charge in [0.2, 0.25) is 11.7 Å². The Balaban J connectivity index is 1.86. The molecule has 0 saturated heterocycles. The van der Waals surface area contributed by atoms with Crippen molar-refractivity contribution in [2.24, 2.45) is 5.92 Å². The number of ether oxygens (including phenoxy) is 1. The third-order valence-corrected chi connectivity index (χ3v) is 6.23. The molecule has 2 aromatic carbocycles. The summed E-state index contributed by atoms with van der Waals surface area (Å²) in [6.45, 7) is 3.66. The number of ketones is 1. The van der Waals surface area contributed by atoms with Gasteiger partial charge in [-0.25, -0.2) is 9.78 Å². The first-order chi connectivity index (χ1) is 20.4. The van der Waals surface area contributed by atoms with Crippen LogP contribution >= 0.6 is 0 Å². The molecule has 0 spiro atoms. The minimum atomic E-state index is -4.39. The summed E-state index contributed by atoms with van der Waals surface area (Å²) in [6.07, 6.45) is 0.546. The number of alkyl halides is 2. The number of aromatic nitrogens is 2. The van der Waals surface area contributed by atoms with E-state index in [0.717, 1.165) is 10.8 Å². The van der Waals surface area contributed by atoms with E-state index < -0.39 is 53.7 Å². The second-order valence-electron chi connectivity index (χ2n) is 9.92. The number of carbonyl (C=O) groups is 4. The molecule has 0 aliphatic carbocycles. The highest BCUT2D eigenvalue weighted by molar-refractivity contribution is 6.10. The van der Waals surface area contributed by atoms with E-state index in [1.165, 1.54) is 13.8 Å². The smallest absolute Gasteiger partial charge is 0.412 e. The summed E-state index contributed by atoms with van der Waals surface area (Å²) in [6, 6.07) is 15.4. The number of nitrogens with zero attached hydrogens (tertiary/aromatic N) is 2. The summed E-state index contributed by atoms with van der Waals surface area (Å²) in [4.78, 5) is 67.9. The Morgan fingerprint density at radius 1 is 1.00 bits per heavy atom. The van der Waals surface area contributed by atoms with Crippen molar-refractivity contribution >= 4 is 29.4 Å². The van der Waals surface area contributed by atoms with Gasteiger partial charge >= 0.3 is 12.0 Å². The third-order valence-electron chi connectivity index (χ3n) is 6.23. The van der Waals surface area contributed by atoms with Crippen molar-refractivity contribution in [3.05, 3.63) is 82.8 Å². The van der Waals surface area contributed by atoms with Crippen LogP contribution in [-0.2, 0) is 32.3 Å². The molecule has 0 saturated carbocycles. The van der Waals surface area contributed by atoms with Gasteiger partial charge in [0.1, 0.15) is 24.7 Å². The fourth-order valence-electron chi connectivity index (χ4n) is 3.97.